The van der Waals surface area contributed by atoms with Gasteiger partial charge in [-0.1, -0.05) is 12.2 Å². The maximum atomic E-state index is 12.5. The molecule has 2 aliphatic heterocycles. The molecule has 0 radical (unpaired) electrons. The van der Waals surface area contributed by atoms with Gasteiger partial charge in [-0.05, 0) is 32.1 Å². The predicted molar refractivity (Wildman–Crippen MR) is 155 cm³/mol. The van der Waals surface area contributed by atoms with Gasteiger partial charge in [-0.15, -0.1) is 0 Å². The van der Waals surface area contributed by atoms with Crippen LogP contribution in [-0.2, 0) is 4.74 Å². The Kier molecular flexibility index (Phi) is 7.94. The van der Waals surface area contributed by atoms with Crippen molar-refractivity contribution >= 4 is 40.3 Å². The van der Waals surface area contributed by atoms with Crippen LogP contribution in [0.1, 0.15) is 38.1 Å². The number of anilines is 4. The molecule has 0 bridgehead atoms. The highest BCUT2D eigenvalue weighted by Gasteiger charge is 2.24. The number of hydrogen-bond donors (Lipinski definition) is 2. The van der Waals surface area contributed by atoms with Crippen molar-refractivity contribution in [2.45, 2.75) is 38.1 Å². The van der Waals surface area contributed by atoms with Gasteiger partial charge in [0, 0.05) is 76.6 Å². The first-order chi connectivity index (χ1) is 19.7. The highest BCUT2D eigenvalue weighted by molar-refractivity contribution is 5.81. The van der Waals surface area contributed by atoms with E-state index >= 15 is 0 Å². The van der Waals surface area contributed by atoms with Crippen molar-refractivity contribution in [3.8, 4) is 0 Å². The van der Waals surface area contributed by atoms with Crippen molar-refractivity contribution < 1.29 is 9.53 Å². The van der Waals surface area contributed by atoms with E-state index in [0.717, 1.165) is 61.3 Å². The number of carbonyl (C=O) groups excluding carboxylic acids is 1. The molecule has 2 amide bonds. The quantitative estimate of drug-likeness (QED) is 0.324. The van der Waals surface area contributed by atoms with Gasteiger partial charge in [0.2, 0.25) is 5.95 Å². The number of piperazine rings is 1. The van der Waals surface area contributed by atoms with Gasteiger partial charge in [0.25, 0.3) is 0 Å². The lowest BCUT2D eigenvalue weighted by atomic mass is 10.0. The Balaban J connectivity index is 1.21. The fraction of sp³-hybridized carbons (Fsp3) is 0.536. The SMILES string of the molecule is COCCNC(=O)N1CCN(c2cc(N3CCCC3)nc(Nc3cc4c(cn3)cnn4C3C=CCCC3)n2)CC1. The average molecular weight is 547 g/mol. The van der Waals surface area contributed by atoms with Gasteiger partial charge < -0.3 is 30.1 Å². The van der Waals surface area contributed by atoms with E-state index in [2.05, 4.69) is 53.4 Å². The number of nitrogens with one attached hydrogen (secondary N) is 2. The molecule has 12 heteroatoms. The largest absolute Gasteiger partial charge is 0.383 e. The summed E-state index contributed by atoms with van der Waals surface area (Å²) >= 11 is 0. The highest BCUT2D eigenvalue weighted by atomic mass is 16.5. The summed E-state index contributed by atoms with van der Waals surface area (Å²) in [6, 6.07) is 4.33. The Hall–Kier alpha value is -3.93. The molecular formula is C28H38N10O2. The number of allylic oxidation sites excluding steroid dienone is 2. The van der Waals surface area contributed by atoms with Crippen molar-refractivity contribution in [3.63, 3.8) is 0 Å². The van der Waals surface area contributed by atoms with Gasteiger partial charge >= 0.3 is 6.03 Å². The van der Waals surface area contributed by atoms with Gasteiger partial charge in [0.1, 0.15) is 17.5 Å². The molecule has 1 unspecified atom stereocenters. The van der Waals surface area contributed by atoms with Gasteiger partial charge in [-0.2, -0.15) is 15.1 Å². The van der Waals surface area contributed by atoms with E-state index < -0.39 is 0 Å². The van der Waals surface area contributed by atoms with Crippen LogP contribution in [0.4, 0.5) is 28.2 Å². The van der Waals surface area contributed by atoms with E-state index in [1.807, 2.05) is 23.4 Å². The van der Waals surface area contributed by atoms with Crippen molar-refractivity contribution in [1.82, 2.24) is 34.9 Å². The van der Waals surface area contributed by atoms with Gasteiger partial charge in [0.05, 0.1) is 24.4 Å². The van der Waals surface area contributed by atoms with Crippen LogP contribution in [0.3, 0.4) is 0 Å². The van der Waals surface area contributed by atoms with E-state index in [-0.39, 0.29) is 12.1 Å². The minimum absolute atomic E-state index is 0.0519. The molecule has 12 nitrogen and oxygen atoms in total. The summed E-state index contributed by atoms with van der Waals surface area (Å²) in [5, 5.41) is 12.0. The summed E-state index contributed by atoms with van der Waals surface area (Å²) in [5.41, 5.74) is 1.05. The van der Waals surface area contributed by atoms with Gasteiger partial charge in [-0.3, -0.25) is 4.68 Å². The summed E-state index contributed by atoms with van der Waals surface area (Å²) in [6.07, 6.45) is 14.0. The summed E-state index contributed by atoms with van der Waals surface area (Å²) in [5.74, 6) is 2.99. The summed E-state index contributed by atoms with van der Waals surface area (Å²) in [4.78, 5) is 33.3. The Bertz CT molecular complexity index is 1340. The minimum atomic E-state index is -0.0519. The van der Waals surface area contributed by atoms with Crippen LogP contribution < -0.4 is 20.4 Å². The number of aromatic nitrogens is 5. The van der Waals surface area contributed by atoms with Crippen molar-refractivity contribution in [2.24, 2.45) is 0 Å². The normalized spacial score (nSPS) is 19.4. The van der Waals surface area contributed by atoms with Crippen molar-refractivity contribution in [3.05, 3.63) is 36.7 Å². The van der Waals surface area contributed by atoms with Crippen LogP contribution in [0.15, 0.2) is 36.7 Å². The molecule has 3 aromatic heterocycles. The zero-order valence-electron chi connectivity index (χ0n) is 23.1. The number of ether oxygens (including phenoxy) is 1. The number of fused-ring (bicyclic) bond motifs is 1. The summed E-state index contributed by atoms with van der Waals surface area (Å²) < 4.78 is 7.13. The van der Waals surface area contributed by atoms with Crippen molar-refractivity contribution in [1.29, 1.82) is 0 Å². The second kappa shape index (κ2) is 12.1. The molecular weight excluding hydrogens is 508 g/mol. The molecule has 2 fully saturated rings. The summed E-state index contributed by atoms with van der Waals surface area (Å²) in [7, 11) is 1.63. The van der Waals surface area contributed by atoms with Gasteiger partial charge in [0.15, 0.2) is 0 Å². The first-order valence-electron chi connectivity index (χ1n) is 14.4. The molecule has 1 aliphatic carbocycles. The number of methoxy groups -OCH3 is 1. The second-order valence-electron chi connectivity index (χ2n) is 10.6. The third kappa shape index (κ3) is 5.81. The monoisotopic (exact) mass is 546 g/mol. The van der Waals surface area contributed by atoms with E-state index in [9.17, 15) is 4.79 Å². The van der Waals surface area contributed by atoms with Crippen LogP contribution >= 0.6 is 0 Å². The Morgan fingerprint density at radius 3 is 2.50 bits per heavy atom. The first kappa shape index (κ1) is 26.3. The molecule has 0 spiro atoms. The third-order valence-electron chi connectivity index (χ3n) is 7.87. The number of nitrogens with zero attached hydrogens (tertiary/aromatic N) is 8. The topological polar surface area (TPSA) is 117 Å². The lowest BCUT2D eigenvalue weighted by molar-refractivity contribution is 0.177. The highest BCUT2D eigenvalue weighted by Crippen LogP contribution is 2.29. The number of carbonyl (C=O) groups is 1. The number of hydrogen-bond acceptors (Lipinski definition) is 9. The number of urea groups is 1. The lowest BCUT2D eigenvalue weighted by Crippen LogP contribution is -2.52. The number of rotatable bonds is 8. The lowest BCUT2D eigenvalue weighted by Gasteiger charge is -2.35. The van der Waals surface area contributed by atoms with E-state index in [4.69, 9.17) is 14.7 Å². The van der Waals surface area contributed by atoms with E-state index in [1.165, 1.54) is 6.42 Å². The average Bonchev–Trinajstić information content (AvgIpc) is 3.68. The minimum Gasteiger partial charge on any atom is -0.383 e. The molecule has 0 aromatic carbocycles. The zero-order chi connectivity index (χ0) is 27.3. The fourth-order valence-electron chi connectivity index (χ4n) is 5.64. The molecule has 5 heterocycles. The van der Waals surface area contributed by atoms with Crippen LogP contribution in [0.2, 0.25) is 0 Å². The standard InChI is InChI=1S/C28H38N10O2/c1-40-16-9-29-28(39)37-14-12-36(13-15-37)26-18-25(35-10-5-6-11-35)33-27(34-26)32-24-17-23-21(19-30-24)20-31-38(23)22-7-3-2-4-8-22/h3,7,17-20,22H,2,4-6,8-16H2,1H3,(H,29,39)(H,30,32,33,34). The smallest absolute Gasteiger partial charge is 0.317 e. The number of pyridine rings is 1. The molecule has 6 rings (SSSR count). The Labute approximate surface area is 234 Å². The number of amides is 2. The molecule has 0 saturated carbocycles. The molecule has 40 heavy (non-hydrogen) atoms. The fourth-order valence-corrected chi connectivity index (χ4v) is 5.64. The molecule has 1 atom stereocenters. The predicted octanol–water partition coefficient (Wildman–Crippen LogP) is 3.32. The second-order valence-corrected chi connectivity index (χ2v) is 10.6. The first-order valence-corrected chi connectivity index (χ1v) is 14.4. The Morgan fingerprint density at radius 2 is 1.77 bits per heavy atom. The molecule has 2 N–H and O–H groups in total. The summed E-state index contributed by atoms with van der Waals surface area (Å²) in [6.45, 7) is 5.65. The zero-order valence-corrected chi connectivity index (χ0v) is 23.1. The maximum Gasteiger partial charge on any atom is 0.317 e. The Morgan fingerprint density at radius 1 is 1.00 bits per heavy atom. The van der Waals surface area contributed by atoms with Crippen molar-refractivity contribution in [2.75, 3.05) is 74.6 Å². The van der Waals surface area contributed by atoms with Crippen LogP contribution in [-0.4, -0.2) is 95.2 Å². The van der Waals surface area contributed by atoms with Gasteiger partial charge in [-0.25, -0.2) is 9.78 Å². The van der Waals surface area contributed by atoms with Crippen LogP contribution in [0, 0.1) is 0 Å². The van der Waals surface area contributed by atoms with E-state index in [1.54, 1.807) is 7.11 Å². The molecule has 3 aromatic rings. The molecule has 2 saturated heterocycles. The van der Waals surface area contributed by atoms with E-state index in [0.29, 0.717) is 51.1 Å². The third-order valence-corrected chi connectivity index (χ3v) is 7.87. The van der Waals surface area contributed by atoms with Crippen LogP contribution in [0.5, 0.6) is 0 Å². The molecule has 3 aliphatic rings. The molecule has 212 valence electrons. The van der Waals surface area contributed by atoms with Crippen LogP contribution in [0.25, 0.3) is 10.9 Å². The maximum absolute atomic E-state index is 12.5.